The average Bonchev–Trinajstić information content (AvgIpc) is 2.37. The summed E-state index contributed by atoms with van der Waals surface area (Å²) in [6.07, 6.45) is -3.94. The molecule has 0 unspecified atom stereocenters. The molecule has 8 heteroatoms. The van der Waals surface area contributed by atoms with Gasteiger partial charge in [0, 0.05) is 7.11 Å². The van der Waals surface area contributed by atoms with E-state index in [9.17, 15) is 13.6 Å². The molecule has 0 amide bonds. The first-order valence-corrected chi connectivity index (χ1v) is 5.88. The van der Waals surface area contributed by atoms with Gasteiger partial charge in [-0.1, -0.05) is 0 Å². The molecule has 0 radical (unpaired) electrons. The van der Waals surface area contributed by atoms with E-state index in [0.717, 1.165) is 0 Å². The molecule has 6 nitrogen and oxygen atoms in total. The number of methoxy groups -OCH3 is 1. The van der Waals surface area contributed by atoms with Crippen LogP contribution in [0, 0.1) is 0 Å². The van der Waals surface area contributed by atoms with Crippen molar-refractivity contribution in [2.75, 3.05) is 53.4 Å². The van der Waals surface area contributed by atoms with Gasteiger partial charge >= 0.3 is 12.1 Å². The minimum absolute atomic E-state index is 0.0668. The number of hydrogen-bond acceptors (Lipinski definition) is 6. The Labute approximate surface area is 110 Å². The van der Waals surface area contributed by atoms with Gasteiger partial charge in [-0.2, -0.15) is 8.78 Å². The molecule has 0 aliphatic carbocycles. The fraction of sp³-hybridized carbons (Fsp3) is 0.909. The van der Waals surface area contributed by atoms with Crippen LogP contribution in [0.5, 0.6) is 0 Å². The number of ether oxygens (including phenoxy) is 5. The summed E-state index contributed by atoms with van der Waals surface area (Å²) < 4.78 is 48.9. The molecule has 0 spiro atoms. The minimum atomic E-state index is -3.94. The second kappa shape index (κ2) is 11.0. The Morgan fingerprint density at radius 3 is 2.05 bits per heavy atom. The Morgan fingerprint density at radius 1 is 1.00 bits per heavy atom. The normalized spacial score (nSPS) is 11.6. The van der Waals surface area contributed by atoms with Crippen LogP contribution in [0.2, 0.25) is 0 Å². The van der Waals surface area contributed by atoms with Gasteiger partial charge in [0.1, 0.15) is 0 Å². The van der Waals surface area contributed by atoms with E-state index in [-0.39, 0.29) is 19.8 Å². The number of carbonyl (C=O) groups excluding carboxylic acids is 1. The van der Waals surface area contributed by atoms with Gasteiger partial charge in [-0.15, -0.1) is 0 Å². The topological polar surface area (TPSA) is 63.2 Å². The van der Waals surface area contributed by atoms with Crippen LogP contribution in [0.25, 0.3) is 0 Å². The molecule has 0 aromatic carbocycles. The maximum absolute atomic E-state index is 12.9. The number of hydrogen-bond donors (Lipinski definition) is 0. The van der Waals surface area contributed by atoms with Gasteiger partial charge in [-0.05, 0) is 6.92 Å². The zero-order valence-electron chi connectivity index (χ0n) is 11.2. The summed E-state index contributed by atoms with van der Waals surface area (Å²) in [5.74, 6) is -1.70. The molecule has 0 aromatic heterocycles. The van der Waals surface area contributed by atoms with Crippen molar-refractivity contribution in [3.63, 3.8) is 0 Å². The fourth-order valence-electron chi connectivity index (χ4n) is 0.967. The maximum Gasteiger partial charge on any atom is 0.456 e. The van der Waals surface area contributed by atoms with Crippen molar-refractivity contribution >= 4 is 5.97 Å². The van der Waals surface area contributed by atoms with Gasteiger partial charge in [0.15, 0.2) is 0 Å². The molecule has 0 rings (SSSR count). The van der Waals surface area contributed by atoms with Gasteiger partial charge in [-0.25, -0.2) is 4.79 Å². The zero-order valence-corrected chi connectivity index (χ0v) is 11.2. The van der Waals surface area contributed by atoms with Crippen LogP contribution in [0.4, 0.5) is 8.78 Å². The second-order valence-electron chi connectivity index (χ2n) is 3.30. The summed E-state index contributed by atoms with van der Waals surface area (Å²) in [6.45, 7) is 2.32. The summed E-state index contributed by atoms with van der Waals surface area (Å²) in [7, 11) is 1.56. The van der Waals surface area contributed by atoms with E-state index < -0.39 is 18.7 Å². The quantitative estimate of drug-likeness (QED) is 0.391. The molecule has 0 fully saturated rings. The van der Waals surface area contributed by atoms with Crippen molar-refractivity contribution in [3.8, 4) is 0 Å². The summed E-state index contributed by atoms with van der Waals surface area (Å²) in [5.41, 5.74) is 0. The smallest absolute Gasteiger partial charge is 0.456 e. The van der Waals surface area contributed by atoms with Crippen LogP contribution in [0.3, 0.4) is 0 Å². The standard InChI is InChI=1S/C11H20F2O6/c1-3-18-10(14)11(12,13)19-9-8-17-7-6-16-5-4-15-2/h3-9H2,1-2H3. The Bertz CT molecular complexity index is 237. The second-order valence-corrected chi connectivity index (χ2v) is 3.30. The van der Waals surface area contributed by atoms with Crippen molar-refractivity contribution < 1.29 is 37.3 Å². The first-order valence-electron chi connectivity index (χ1n) is 5.88. The summed E-state index contributed by atoms with van der Waals surface area (Å²) >= 11 is 0. The van der Waals surface area contributed by atoms with E-state index in [2.05, 4.69) is 9.47 Å². The number of carbonyl (C=O) groups is 1. The van der Waals surface area contributed by atoms with Crippen LogP contribution in [-0.2, 0) is 28.5 Å². The lowest BCUT2D eigenvalue weighted by Crippen LogP contribution is -2.35. The lowest BCUT2D eigenvalue weighted by atomic mass is 10.6. The molecular weight excluding hydrogens is 266 g/mol. The molecule has 0 N–H and O–H groups in total. The SMILES string of the molecule is CCOC(=O)C(F)(F)OCCOCCOCCOC. The van der Waals surface area contributed by atoms with Crippen LogP contribution < -0.4 is 0 Å². The highest BCUT2D eigenvalue weighted by Gasteiger charge is 2.42. The van der Waals surface area contributed by atoms with E-state index in [1.54, 1.807) is 7.11 Å². The molecule has 0 saturated heterocycles. The largest absolute Gasteiger partial charge is 0.460 e. The predicted molar refractivity (Wildman–Crippen MR) is 61.0 cm³/mol. The minimum Gasteiger partial charge on any atom is -0.460 e. The molecule has 0 saturated carbocycles. The first kappa shape index (κ1) is 18.2. The molecule has 0 aromatic rings. The van der Waals surface area contributed by atoms with Crippen molar-refractivity contribution in [1.29, 1.82) is 0 Å². The zero-order chi connectivity index (χ0) is 14.6. The molecular formula is C11H20F2O6. The van der Waals surface area contributed by atoms with Gasteiger partial charge in [0.2, 0.25) is 0 Å². The highest BCUT2D eigenvalue weighted by Crippen LogP contribution is 2.16. The Morgan fingerprint density at radius 2 is 1.53 bits per heavy atom. The van der Waals surface area contributed by atoms with Crippen LogP contribution in [0.15, 0.2) is 0 Å². The maximum atomic E-state index is 12.9. The summed E-state index contributed by atoms with van der Waals surface area (Å²) in [5, 5.41) is 0. The lowest BCUT2D eigenvalue weighted by Gasteiger charge is -2.14. The highest BCUT2D eigenvalue weighted by atomic mass is 19.3. The van der Waals surface area contributed by atoms with Gasteiger partial charge in [-0.3, -0.25) is 0 Å². The van der Waals surface area contributed by atoms with E-state index in [0.29, 0.717) is 19.8 Å². The van der Waals surface area contributed by atoms with Crippen LogP contribution in [-0.4, -0.2) is 65.4 Å². The van der Waals surface area contributed by atoms with Gasteiger partial charge in [0.05, 0.1) is 46.2 Å². The van der Waals surface area contributed by atoms with Crippen molar-refractivity contribution in [2.24, 2.45) is 0 Å². The number of rotatable bonds is 12. The predicted octanol–water partition coefficient (Wildman–Crippen LogP) is 0.839. The summed E-state index contributed by atoms with van der Waals surface area (Å²) in [6, 6.07) is 0. The molecule has 19 heavy (non-hydrogen) atoms. The molecule has 0 atom stereocenters. The van der Waals surface area contributed by atoms with E-state index in [1.807, 2.05) is 0 Å². The number of halogens is 2. The van der Waals surface area contributed by atoms with Crippen molar-refractivity contribution in [1.82, 2.24) is 0 Å². The lowest BCUT2D eigenvalue weighted by molar-refractivity contribution is -0.252. The molecule has 0 bridgehead atoms. The fourth-order valence-corrected chi connectivity index (χ4v) is 0.967. The number of esters is 1. The van der Waals surface area contributed by atoms with Crippen LogP contribution in [0.1, 0.15) is 6.92 Å². The van der Waals surface area contributed by atoms with E-state index >= 15 is 0 Å². The van der Waals surface area contributed by atoms with E-state index in [4.69, 9.17) is 14.2 Å². The molecule has 0 aliphatic heterocycles. The summed E-state index contributed by atoms with van der Waals surface area (Å²) in [4.78, 5) is 10.8. The van der Waals surface area contributed by atoms with Gasteiger partial charge in [0.25, 0.3) is 0 Å². The van der Waals surface area contributed by atoms with E-state index in [1.165, 1.54) is 6.92 Å². The third-order valence-corrected chi connectivity index (χ3v) is 1.83. The Balaban J connectivity index is 3.45. The van der Waals surface area contributed by atoms with Gasteiger partial charge < -0.3 is 23.7 Å². The molecule has 114 valence electrons. The Kier molecular flexibility index (Phi) is 10.6. The Hall–Kier alpha value is -0.830. The van der Waals surface area contributed by atoms with Crippen molar-refractivity contribution in [2.45, 2.75) is 13.0 Å². The number of alkyl halides is 2. The van der Waals surface area contributed by atoms with Crippen molar-refractivity contribution in [3.05, 3.63) is 0 Å². The third kappa shape index (κ3) is 9.71. The monoisotopic (exact) mass is 286 g/mol. The third-order valence-electron chi connectivity index (χ3n) is 1.83. The highest BCUT2D eigenvalue weighted by molar-refractivity contribution is 5.75. The average molecular weight is 286 g/mol. The molecule has 0 aliphatic rings. The first-order chi connectivity index (χ1) is 9.04. The van der Waals surface area contributed by atoms with Crippen LogP contribution >= 0.6 is 0 Å². The molecule has 0 heterocycles.